The van der Waals surface area contributed by atoms with Crippen LogP contribution in [-0.2, 0) is 12.6 Å². The van der Waals surface area contributed by atoms with Gasteiger partial charge in [-0.3, -0.25) is 0 Å². The van der Waals surface area contributed by atoms with Crippen LogP contribution in [0.15, 0.2) is 24.3 Å². The summed E-state index contributed by atoms with van der Waals surface area (Å²) in [7, 11) is 0. The minimum atomic E-state index is -4.42. The van der Waals surface area contributed by atoms with Crippen molar-refractivity contribution in [2.75, 3.05) is 5.73 Å². The largest absolute Gasteiger partial charge is 0.506 e. The van der Waals surface area contributed by atoms with Crippen molar-refractivity contribution in [2.24, 2.45) is 0 Å². The number of halogens is 3. The highest BCUT2D eigenvalue weighted by molar-refractivity contribution is 7.17. The molecule has 1 aromatic carbocycles. The van der Waals surface area contributed by atoms with E-state index in [9.17, 15) is 18.3 Å². The molecular formula is C15H16F3NOS. The molecule has 114 valence electrons. The third-order valence-corrected chi connectivity index (χ3v) is 4.28. The van der Waals surface area contributed by atoms with Crippen molar-refractivity contribution in [3.8, 4) is 16.9 Å². The average Bonchev–Trinajstić information content (AvgIpc) is 2.70. The minimum Gasteiger partial charge on any atom is -0.506 e. The van der Waals surface area contributed by atoms with Gasteiger partial charge >= 0.3 is 6.18 Å². The predicted molar refractivity (Wildman–Crippen MR) is 79.4 cm³/mol. The van der Waals surface area contributed by atoms with Gasteiger partial charge in [0.15, 0.2) is 0 Å². The van der Waals surface area contributed by atoms with Gasteiger partial charge in [0.25, 0.3) is 0 Å². The number of aryl methyl sites for hydroxylation is 1. The lowest BCUT2D eigenvalue weighted by Gasteiger charge is -2.09. The summed E-state index contributed by atoms with van der Waals surface area (Å²) in [5, 5.41) is 10.6. The fourth-order valence-electron chi connectivity index (χ4n) is 2.12. The monoisotopic (exact) mass is 315 g/mol. The number of nitrogen functional groups attached to an aromatic ring is 1. The van der Waals surface area contributed by atoms with Crippen LogP contribution in [0.5, 0.6) is 5.75 Å². The average molecular weight is 315 g/mol. The van der Waals surface area contributed by atoms with Crippen molar-refractivity contribution in [2.45, 2.75) is 32.4 Å². The van der Waals surface area contributed by atoms with Crippen LogP contribution in [-0.4, -0.2) is 5.11 Å². The standard InChI is InChI=1S/C15H16F3NOS/c1-2-3-7-11-13(20)12(14(19)21-11)9-5-4-6-10(8-9)15(16,17)18/h4-6,8,20H,2-3,7,19H2,1H3. The van der Waals surface area contributed by atoms with E-state index in [0.29, 0.717) is 22.5 Å². The lowest BCUT2D eigenvalue weighted by Crippen LogP contribution is -2.04. The van der Waals surface area contributed by atoms with Crippen LogP contribution in [0, 0.1) is 0 Å². The van der Waals surface area contributed by atoms with Crippen LogP contribution < -0.4 is 5.73 Å². The molecule has 0 aliphatic heterocycles. The van der Waals surface area contributed by atoms with Gasteiger partial charge < -0.3 is 10.8 Å². The summed E-state index contributed by atoms with van der Waals surface area (Å²) in [5.74, 6) is 0.00488. The molecule has 0 aliphatic rings. The first kappa shape index (κ1) is 15.7. The van der Waals surface area contributed by atoms with Gasteiger partial charge in [-0.15, -0.1) is 11.3 Å². The van der Waals surface area contributed by atoms with Crippen molar-refractivity contribution in [1.82, 2.24) is 0 Å². The van der Waals surface area contributed by atoms with Gasteiger partial charge in [0.1, 0.15) is 5.75 Å². The van der Waals surface area contributed by atoms with Crippen LogP contribution >= 0.6 is 11.3 Å². The molecule has 0 atom stereocenters. The maximum absolute atomic E-state index is 12.8. The molecule has 21 heavy (non-hydrogen) atoms. The molecule has 0 fully saturated rings. The third-order valence-electron chi connectivity index (χ3n) is 3.22. The first-order chi connectivity index (χ1) is 9.84. The number of hydrogen-bond donors (Lipinski definition) is 2. The smallest absolute Gasteiger partial charge is 0.416 e. The summed E-state index contributed by atoms with van der Waals surface area (Å²) in [6, 6.07) is 4.86. The molecule has 1 heterocycles. The number of alkyl halides is 3. The fraction of sp³-hybridized carbons (Fsp3) is 0.333. The summed E-state index contributed by atoms with van der Waals surface area (Å²) >= 11 is 1.24. The van der Waals surface area contributed by atoms with Crippen molar-refractivity contribution in [1.29, 1.82) is 0 Å². The lowest BCUT2D eigenvalue weighted by molar-refractivity contribution is -0.137. The SMILES string of the molecule is CCCCc1sc(N)c(-c2cccc(C(F)(F)F)c2)c1O. The van der Waals surface area contributed by atoms with E-state index in [-0.39, 0.29) is 5.75 Å². The van der Waals surface area contributed by atoms with E-state index in [2.05, 4.69) is 0 Å². The van der Waals surface area contributed by atoms with Gasteiger partial charge in [-0.05, 0) is 30.5 Å². The normalized spacial score (nSPS) is 11.8. The highest BCUT2D eigenvalue weighted by Gasteiger charge is 2.31. The third kappa shape index (κ3) is 3.32. The van der Waals surface area contributed by atoms with Crippen molar-refractivity contribution >= 4 is 16.3 Å². The van der Waals surface area contributed by atoms with Crippen molar-refractivity contribution in [3.05, 3.63) is 34.7 Å². The Labute approximate surface area is 125 Å². The fourth-order valence-corrected chi connectivity index (χ4v) is 3.15. The van der Waals surface area contributed by atoms with Gasteiger partial charge in [-0.2, -0.15) is 13.2 Å². The number of hydrogen-bond acceptors (Lipinski definition) is 3. The van der Waals surface area contributed by atoms with Gasteiger partial charge in [-0.1, -0.05) is 25.5 Å². The molecule has 0 saturated heterocycles. The second kappa shape index (κ2) is 5.97. The maximum Gasteiger partial charge on any atom is 0.416 e. The van der Waals surface area contributed by atoms with E-state index in [1.165, 1.54) is 23.5 Å². The topological polar surface area (TPSA) is 46.2 Å². The van der Waals surface area contributed by atoms with Crippen molar-refractivity contribution < 1.29 is 18.3 Å². The van der Waals surface area contributed by atoms with E-state index < -0.39 is 11.7 Å². The Kier molecular flexibility index (Phi) is 4.46. The Morgan fingerprint density at radius 2 is 2.00 bits per heavy atom. The van der Waals surface area contributed by atoms with Crippen LogP contribution in [0.2, 0.25) is 0 Å². The number of benzene rings is 1. The molecule has 0 radical (unpaired) electrons. The summed E-state index contributed by atoms with van der Waals surface area (Å²) in [5.41, 5.74) is 5.73. The maximum atomic E-state index is 12.8. The first-order valence-electron chi connectivity index (χ1n) is 6.62. The van der Waals surface area contributed by atoms with Crippen LogP contribution in [0.25, 0.3) is 11.1 Å². The zero-order chi connectivity index (χ0) is 15.6. The highest BCUT2D eigenvalue weighted by Crippen LogP contribution is 2.45. The van der Waals surface area contributed by atoms with Crippen LogP contribution in [0.1, 0.15) is 30.2 Å². The van der Waals surface area contributed by atoms with E-state index >= 15 is 0 Å². The quantitative estimate of drug-likeness (QED) is 0.828. The predicted octanol–water partition coefficient (Wildman–Crippen LogP) is 5.06. The zero-order valence-corrected chi connectivity index (χ0v) is 12.3. The van der Waals surface area contributed by atoms with E-state index in [1.54, 1.807) is 0 Å². The number of rotatable bonds is 4. The molecule has 0 saturated carbocycles. The van der Waals surface area contributed by atoms with Crippen LogP contribution in [0.4, 0.5) is 18.2 Å². The Balaban J connectivity index is 2.45. The summed E-state index contributed by atoms with van der Waals surface area (Å²) < 4.78 is 38.3. The molecule has 3 N–H and O–H groups in total. The zero-order valence-electron chi connectivity index (χ0n) is 11.5. The molecule has 1 aromatic heterocycles. The minimum absolute atomic E-state index is 0.00488. The molecule has 0 aliphatic carbocycles. The summed E-state index contributed by atoms with van der Waals surface area (Å²) in [6.07, 6.45) is -1.87. The number of nitrogens with two attached hydrogens (primary N) is 1. The Bertz CT molecular complexity index is 634. The highest BCUT2D eigenvalue weighted by atomic mass is 32.1. The Morgan fingerprint density at radius 1 is 1.29 bits per heavy atom. The molecule has 0 spiro atoms. The molecule has 0 unspecified atom stereocenters. The number of anilines is 1. The van der Waals surface area contributed by atoms with Gasteiger partial charge in [0, 0.05) is 4.88 Å². The molecule has 0 bridgehead atoms. The molecule has 2 rings (SSSR count). The number of thiophene rings is 1. The second-order valence-electron chi connectivity index (χ2n) is 4.80. The van der Waals surface area contributed by atoms with E-state index in [0.717, 1.165) is 29.9 Å². The van der Waals surface area contributed by atoms with E-state index in [4.69, 9.17) is 5.73 Å². The molecule has 6 heteroatoms. The summed E-state index contributed by atoms with van der Waals surface area (Å²) in [4.78, 5) is 0.724. The lowest BCUT2D eigenvalue weighted by atomic mass is 10.0. The van der Waals surface area contributed by atoms with Gasteiger partial charge in [0.05, 0.1) is 16.1 Å². The number of unbranched alkanes of at least 4 members (excludes halogenated alkanes) is 1. The number of aromatic hydroxyl groups is 1. The van der Waals surface area contributed by atoms with Crippen molar-refractivity contribution in [3.63, 3.8) is 0 Å². The molecule has 2 nitrogen and oxygen atoms in total. The molecular weight excluding hydrogens is 299 g/mol. The summed E-state index contributed by atoms with van der Waals surface area (Å²) in [6.45, 7) is 2.03. The molecule has 2 aromatic rings. The Hall–Kier alpha value is -1.69. The Morgan fingerprint density at radius 3 is 2.62 bits per heavy atom. The van der Waals surface area contributed by atoms with Gasteiger partial charge in [0.2, 0.25) is 0 Å². The first-order valence-corrected chi connectivity index (χ1v) is 7.44. The van der Waals surface area contributed by atoms with Crippen LogP contribution in [0.3, 0.4) is 0 Å². The van der Waals surface area contributed by atoms with Gasteiger partial charge in [-0.25, -0.2) is 0 Å². The second-order valence-corrected chi connectivity index (χ2v) is 5.93. The molecule has 0 amide bonds. The van der Waals surface area contributed by atoms with E-state index in [1.807, 2.05) is 6.92 Å².